The largest absolute Gasteiger partial charge is 0.477 e. The van der Waals surface area contributed by atoms with Gasteiger partial charge >= 0.3 is 12.1 Å². The van der Waals surface area contributed by atoms with Gasteiger partial charge in [-0.3, -0.25) is 0 Å². The number of carbonyl (C=O) groups is 1. The van der Waals surface area contributed by atoms with Crippen LogP contribution >= 0.6 is 22.0 Å². The van der Waals surface area contributed by atoms with Gasteiger partial charge in [-0.05, 0) is 11.6 Å². The molecule has 0 aromatic carbocycles. The van der Waals surface area contributed by atoms with Crippen molar-refractivity contribution in [1.29, 1.82) is 0 Å². The first-order chi connectivity index (χ1) is 7.50. The smallest absolute Gasteiger partial charge is 0.393 e. The second-order valence-electron chi connectivity index (χ2n) is 2.95. The number of rotatable bonds is 3. The second-order valence-corrected chi connectivity index (χ2v) is 6.80. The molecule has 0 aliphatic rings. The SMILES string of the molecule is O=C(O)c1sc(S(=O)(=O)Cl)cc1CC(F)(F)F. The molecule has 0 aliphatic carbocycles. The monoisotopic (exact) mass is 308 g/mol. The zero-order valence-corrected chi connectivity index (χ0v) is 10.2. The molecule has 1 aromatic rings. The minimum Gasteiger partial charge on any atom is -0.477 e. The van der Waals surface area contributed by atoms with Gasteiger partial charge in [0.05, 0.1) is 6.42 Å². The number of alkyl halides is 3. The highest BCUT2D eigenvalue weighted by Crippen LogP contribution is 2.32. The average Bonchev–Trinajstić information content (AvgIpc) is 2.43. The van der Waals surface area contributed by atoms with Gasteiger partial charge in [0, 0.05) is 10.7 Å². The van der Waals surface area contributed by atoms with Crippen LogP contribution in [0.25, 0.3) is 0 Å². The topological polar surface area (TPSA) is 71.4 Å². The molecule has 10 heteroatoms. The van der Waals surface area contributed by atoms with Crippen molar-refractivity contribution in [3.05, 3.63) is 16.5 Å². The van der Waals surface area contributed by atoms with Crippen molar-refractivity contribution < 1.29 is 31.5 Å². The molecule has 0 bridgehead atoms. The zero-order valence-electron chi connectivity index (χ0n) is 7.78. The van der Waals surface area contributed by atoms with Gasteiger partial charge in [-0.25, -0.2) is 13.2 Å². The van der Waals surface area contributed by atoms with Crippen LogP contribution < -0.4 is 0 Å². The molecule has 0 atom stereocenters. The van der Waals surface area contributed by atoms with Crippen LogP contribution in [-0.2, 0) is 15.5 Å². The molecule has 1 heterocycles. The van der Waals surface area contributed by atoms with E-state index in [9.17, 15) is 26.4 Å². The van der Waals surface area contributed by atoms with E-state index in [0.717, 1.165) is 0 Å². The Morgan fingerprint density at radius 3 is 2.35 bits per heavy atom. The van der Waals surface area contributed by atoms with Crippen molar-refractivity contribution in [2.24, 2.45) is 0 Å². The zero-order chi connectivity index (χ0) is 13.4. The summed E-state index contributed by atoms with van der Waals surface area (Å²) in [7, 11) is 0.695. The number of aromatic carboxylic acids is 1. The van der Waals surface area contributed by atoms with Crippen molar-refractivity contribution in [3.63, 3.8) is 0 Å². The van der Waals surface area contributed by atoms with E-state index in [0.29, 0.717) is 6.07 Å². The first-order valence-corrected chi connectivity index (χ1v) is 7.00. The van der Waals surface area contributed by atoms with Gasteiger partial charge in [0.25, 0.3) is 9.05 Å². The van der Waals surface area contributed by atoms with E-state index >= 15 is 0 Å². The molecule has 0 amide bonds. The number of hydrogen-bond donors (Lipinski definition) is 1. The summed E-state index contributed by atoms with van der Waals surface area (Å²) in [6, 6.07) is 0.629. The standard InChI is InChI=1S/C7H4ClF3O4S2/c8-17(14,15)4-1-3(2-7(9,10)11)5(16-4)6(12)13/h1H,2H2,(H,12,13). The van der Waals surface area contributed by atoms with E-state index in [4.69, 9.17) is 15.8 Å². The van der Waals surface area contributed by atoms with Gasteiger partial charge < -0.3 is 5.11 Å². The van der Waals surface area contributed by atoms with Crippen LogP contribution in [0.5, 0.6) is 0 Å². The Hall–Kier alpha value is -0.800. The highest BCUT2D eigenvalue weighted by Gasteiger charge is 2.32. The fourth-order valence-electron chi connectivity index (χ4n) is 1.05. The summed E-state index contributed by atoms with van der Waals surface area (Å²) in [6.07, 6.45) is -6.14. The maximum atomic E-state index is 12.1. The number of carboxylic acids is 1. The molecular weight excluding hydrogens is 305 g/mol. The van der Waals surface area contributed by atoms with Gasteiger partial charge in [0.15, 0.2) is 0 Å². The third-order valence-electron chi connectivity index (χ3n) is 1.61. The molecule has 1 rings (SSSR count). The summed E-state index contributed by atoms with van der Waals surface area (Å²) in [4.78, 5) is 9.97. The van der Waals surface area contributed by atoms with Crippen LogP contribution in [0.2, 0.25) is 0 Å². The van der Waals surface area contributed by atoms with Gasteiger partial charge in [-0.2, -0.15) is 13.2 Å². The summed E-state index contributed by atoms with van der Waals surface area (Å²) in [5, 5.41) is 8.65. The molecule has 0 aliphatic heterocycles. The number of hydrogen-bond acceptors (Lipinski definition) is 4. The first kappa shape index (κ1) is 14.3. The normalized spacial score (nSPS) is 12.7. The summed E-state index contributed by atoms with van der Waals surface area (Å²) in [6.45, 7) is 0. The Kier molecular flexibility index (Phi) is 3.75. The van der Waals surface area contributed by atoms with E-state index in [1.165, 1.54) is 0 Å². The lowest BCUT2D eigenvalue weighted by atomic mass is 10.2. The van der Waals surface area contributed by atoms with Crippen LogP contribution in [0.1, 0.15) is 15.2 Å². The van der Waals surface area contributed by atoms with E-state index in [2.05, 4.69) is 0 Å². The lowest BCUT2D eigenvalue weighted by Crippen LogP contribution is -2.13. The van der Waals surface area contributed by atoms with E-state index in [-0.39, 0.29) is 11.3 Å². The van der Waals surface area contributed by atoms with Crippen LogP contribution in [0.15, 0.2) is 10.3 Å². The predicted octanol–water partition coefficient (Wildman–Crippen LogP) is 2.48. The molecule has 17 heavy (non-hydrogen) atoms. The number of halogens is 4. The molecule has 1 N–H and O–H groups in total. The first-order valence-electron chi connectivity index (χ1n) is 3.88. The number of thiophene rings is 1. The Morgan fingerprint density at radius 2 is 2.00 bits per heavy atom. The average molecular weight is 309 g/mol. The quantitative estimate of drug-likeness (QED) is 0.871. The van der Waals surface area contributed by atoms with Crippen LogP contribution in [0.3, 0.4) is 0 Å². The predicted molar refractivity (Wildman–Crippen MR) is 54.1 cm³/mol. The van der Waals surface area contributed by atoms with Crippen LogP contribution in [-0.4, -0.2) is 25.7 Å². The van der Waals surface area contributed by atoms with Crippen molar-refractivity contribution in [3.8, 4) is 0 Å². The van der Waals surface area contributed by atoms with Crippen molar-refractivity contribution in [2.75, 3.05) is 0 Å². The van der Waals surface area contributed by atoms with Crippen LogP contribution in [0.4, 0.5) is 13.2 Å². The van der Waals surface area contributed by atoms with Crippen molar-refractivity contribution >= 4 is 37.0 Å². The fraction of sp³-hybridized carbons (Fsp3) is 0.286. The Balaban J connectivity index is 3.29. The fourth-order valence-corrected chi connectivity index (χ4v) is 3.15. The van der Waals surface area contributed by atoms with Gasteiger partial charge in [-0.1, -0.05) is 0 Å². The van der Waals surface area contributed by atoms with Crippen molar-refractivity contribution in [1.82, 2.24) is 0 Å². The molecule has 0 unspecified atom stereocenters. The summed E-state index contributed by atoms with van der Waals surface area (Å²) in [5.41, 5.74) is -0.616. The highest BCUT2D eigenvalue weighted by molar-refractivity contribution is 8.15. The highest BCUT2D eigenvalue weighted by atomic mass is 35.7. The van der Waals surface area contributed by atoms with E-state index < -0.39 is 42.3 Å². The van der Waals surface area contributed by atoms with Crippen LogP contribution in [0, 0.1) is 0 Å². The third kappa shape index (κ3) is 3.86. The molecule has 4 nitrogen and oxygen atoms in total. The molecule has 0 spiro atoms. The Bertz CT molecular complexity index is 546. The second kappa shape index (κ2) is 4.46. The maximum Gasteiger partial charge on any atom is 0.393 e. The summed E-state index contributed by atoms with van der Waals surface area (Å²) in [5.74, 6) is -1.62. The minimum absolute atomic E-state index is 0.196. The Morgan fingerprint density at radius 1 is 1.47 bits per heavy atom. The molecule has 0 saturated heterocycles. The Labute approximate surface area is 102 Å². The third-order valence-corrected chi connectivity index (χ3v) is 4.85. The molecule has 0 radical (unpaired) electrons. The molecule has 0 fully saturated rings. The number of carboxylic acid groups (broad SMARTS) is 1. The van der Waals surface area contributed by atoms with E-state index in [1.807, 2.05) is 0 Å². The molecule has 96 valence electrons. The minimum atomic E-state index is -4.63. The molecule has 1 aromatic heterocycles. The molecule has 0 saturated carbocycles. The van der Waals surface area contributed by atoms with Gasteiger partial charge in [0.2, 0.25) is 0 Å². The van der Waals surface area contributed by atoms with E-state index in [1.54, 1.807) is 0 Å². The summed E-state index contributed by atoms with van der Waals surface area (Å²) < 4.78 is 57.5. The molecular formula is C7H4ClF3O4S2. The summed E-state index contributed by atoms with van der Waals surface area (Å²) >= 11 is 0.196. The van der Waals surface area contributed by atoms with Crippen molar-refractivity contribution in [2.45, 2.75) is 16.8 Å². The maximum absolute atomic E-state index is 12.1. The van der Waals surface area contributed by atoms with Gasteiger partial charge in [0.1, 0.15) is 9.09 Å². The van der Waals surface area contributed by atoms with Gasteiger partial charge in [-0.15, -0.1) is 11.3 Å². The lowest BCUT2D eigenvalue weighted by molar-refractivity contribution is -0.127. The lowest BCUT2D eigenvalue weighted by Gasteiger charge is -2.04.